The fraction of sp³-hybridized carbons (Fsp3) is 0.438. The number of benzene rings is 1. The van der Waals surface area contributed by atoms with E-state index < -0.39 is 11.9 Å². The number of carboxylic acids is 1. The maximum atomic E-state index is 12.7. The topological polar surface area (TPSA) is 95.9 Å². The van der Waals surface area contributed by atoms with Crippen molar-refractivity contribution in [1.29, 1.82) is 0 Å². The summed E-state index contributed by atoms with van der Waals surface area (Å²) in [5, 5.41) is 11.9. The van der Waals surface area contributed by atoms with Gasteiger partial charge in [0.25, 0.3) is 11.8 Å². The Bertz CT molecular complexity index is 672. The average molecular weight is 318 g/mol. The minimum atomic E-state index is -0.870. The number of rotatable bonds is 2. The van der Waals surface area contributed by atoms with Crippen molar-refractivity contribution in [2.45, 2.75) is 13.3 Å². The Hall–Kier alpha value is -2.57. The van der Waals surface area contributed by atoms with Gasteiger partial charge < -0.3 is 20.1 Å². The molecule has 122 valence electrons. The third kappa shape index (κ3) is 3.13. The van der Waals surface area contributed by atoms with Gasteiger partial charge in [0.15, 0.2) is 6.61 Å². The van der Waals surface area contributed by atoms with Crippen molar-refractivity contribution in [3.63, 3.8) is 0 Å². The normalized spacial score (nSPS) is 23.5. The monoisotopic (exact) mass is 318 g/mol. The van der Waals surface area contributed by atoms with Crippen molar-refractivity contribution in [2.24, 2.45) is 11.8 Å². The molecule has 1 aromatic carbocycles. The summed E-state index contributed by atoms with van der Waals surface area (Å²) < 4.78 is 5.32. The van der Waals surface area contributed by atoms with Gasteiger partial charge in [-0.25, -0.2) is 0 Å². The van der Waals surface area contributed by atoms with Crippen LogP contribution in [-0.2, 0) is 9.59 Å². The molecule has 0 bridgehead atoms. The average Bonchev–Trinajstić information content (AvgIpc) is 2.53. The summed E-state index contributed by atoms with van der Waals surface area (Å²) in [4.78, 5) is 36.7. The van der Waals surface area contributed by atoms with Gasteiger partial charge in [-0.2, -0.15) is 0 Å². The van der Waals surface area contributed by atoms with Gasteiger partial charge in [-0.3, -0.25) is 14.4 Å². The predicted octanol–water partition coefficient (Wildman–Crippen LogP) is 1.20. The van der Waals surface area contributed by atoms with Crippen LogP contribution in [0.3, 0.4) is 0 Å². The Kier molecular flexibility index (Phi) is 3.94. The van der Waals surface area contributed by atoms with Gasteiger partial charge in [0.1, 0.15) is 5.75 Å². The molecule has 0 spiro atoms. The first-order valence-electron chi connectivity index (χ1n) is 7.53. The lowest BCUT2D eigenvalue weighted by molar-refractivity contribution is -0.143. The fourth-order valence-corrected chi connectivity index (χ4v) is 3.09. The zero-order chi connectivity index (χ0) is 16.6. The maximum absolute atomic E-state index is 12.7. The molecule has 1 fully saturated rings. The van der Waals surface area contributed by atoms with Crippen LogP contribution >= 0.6 is 0 Å². The van der Waals surface area contributed by atoms with Crippen molar-refractivity contribution < 1.29 is 24.2 Å². The molecule has 2 amide bonds. The molecule has 2 heterocycles. The minimum absolute atomic E-state index is 0.0769. The Morgan fingerprint density at radius 3 is 2.87 bits per heavy atom. The van der Waals surface area contributed by atoms with Gasteiger partial charge >= 0.3 is 5.97 Å². The number of carboxylic acid groups (broad SMARTS) is 1. The summed E-state index contributed by atoms with van der Waals surface area (Å²) in [6.07, 6.45) is 0.582. The van der Waals surface area contributed by atoms with Crippen molar-refractivity contribution >= 4 is 23.5 Å². The van der Waals surface area contributed by atoms with Crippen LogP contribution in [0, 0.1) is 11.8 Å². The van der Waals surface area contributed by atoms with Gasteiger partial charge in [0.2, 0.25) is 0 Å². The highest BCUT2D eigenvalue weighted by atomic mass is 16.5. The van der Waals surface area contributed by atoms with Gasteiger partial charge in [0, 0.05) is 18.7 Å². The van der Waals surface area contributed by atoms with Crippen molar-refractivity contribution in [3.05, 3.63) is 23.8 Å². The molecule has 2 unspecified atom stereocenters. The molecule has 0 radical (unpaired) electrons. The standard InChI is InChI=1S/C16H18N2O5/c1-9-4-11(16(21)22)7-18(6-9)15(20)10-2-3-12-13(5-10)23-8-14(19)17-12/h2-3,5,9,11H,4,6-8H2,1H3,(H,17,19)(H,21,22). The van der Waals surface area contributed by atoms with Crippen molar-refractivity contribution in [1.82, 2.24) is 4.90 Å². The number of ether oxygens (including phenoxy) is 1. The first-order chi connectivity index (χ1) is 10.9. The SMILES string of the molecule is CC1CC(C(=O)O)CN(C(=O)c2ccc3c(c2)OCC(=O)N3)C1. The van der Waals surface area contributed by atoms with Gasteiger partial charge in [-0.05, 0) is 30.5 Å². The molecule has 7 heteroatoms. The number of anilines is 1. The van der Waals surface area contributed by atoms with E-state index >= 15 is 0 Å². The Morgan fingerprint density at radius 2 is 2.13 bits per heavy atom. The number of nitrogens with zero attached hydrogens (tertiary/aromatic N) is 1. The molecule has 2 atom stereocenters. The predicted molar refractivity (Wildman–Crippen MR) is 81.4 cm³/mol. The molecule has 2 aliphatic heterocycles. The Balaban J connectivity index is 1.80. The van der Waals surface area contributed by atoms with E-state index in [1.54, 1.807) is 23.1 Å². The van der Waals surface area contributed by atoms with E-state index in [9.17, 15) is 19.5 Å². The maximum Gasteiger partial charge on any atom is 0.308 e. The lowest BCUT2D eigenvalue weighted by atomic mass is 9.90. The molecule has 23 heavy (non-hydrogen) atoms. The molecule has 0 aliphatic carbocycles. The summed E-state index contributed by atoms with van der Waals surface area (Å²) in [7, 11) is 0. The first kappa shape index (κ1) is 15.3. The largest absolute Gasteiger partial charge is 0.482 e. The molecule has 3 rings (SSSR count). The molecular formula is C16H18N2O5. The number of hydrogen-bond acceptors (Lipinski definition) is 4. The van der Waals surface area contributed by atoms with Crippen LogP contribution in [-0.4, -0.2) is 47.5 Å². The Labute approximate surface area is 133 Å². The lowest BCUT2D eigenvalue weighted by Gasteiger charge is -2.34. The highest BCUT2D eigenvalue weighted by Gasteiger charge is 2.32. The van der Waals surface area contributed by atoms with Crippen molar-refractivity contribution in [2.75, 3.05) is 25.0 Å². The van der Waals surface area contributed by atoms with E-state index in [1.165, 1.54) is 0 Å². The lowest BCUT2D eigenvalue weighted by Crippen LogP contribution is -2.45. The number of likely N-dealkylation sites (tertiary alicyclic amines) is 1. The molecule has 0 saturated carbocycles. The van der Waals surface area contributed by atoms with Gasteiger partial charge in [-0.15, -0.1) is 0 Å². The van der Waals surface area contributed by atoms with Gasteiger partial charge in [-0.1, -0.05) is 6.92 Å². The molecule has 0 aromatic heterocycles. The minimum Gasteiger partial charge on any atom is -0.482 e. The molecular weight excluding hydrogens is 300 g/mol. The third-order valence-electron chi connectivity index (χ3n) is 4.16. The van der Waals surface area contributed by atoms with Crippen molar-refractivity contribution in [3.8, 4) is 5.75 Å². The first-order valence-corrected chi connectivity index (χ1v) is 7.53. The second-order valence-electron chi connectivity index (χ2n) is 6.13. The second-order valence-corrected chi connectivity index (χ2v) is 6.13. The van der Waals surface area contributed by atoms with E-state index in [0.717, 1.165) is 0 Å². The van der Waals surface area contributed by atoms with Crippen LogP contribution in [0.1, 0.15) is 23.7 Å². The number of aliphatic carboxylic acids is 1. The molecule has 1 saturated heterocycles. The molecule has 2 aliphatic rings. The zero-order valence-electron chi connectivity index (χ0n) is 12.7. The zero-order valence-corrected chi connectivity index (χ0v) is 12.7. The van der Waals surface area contributed by atoms with E-state index in [0.29, 0.717) is 30.0 Å². The number of amides is 2. The summed E-state index contributed by atoms with van der Waals surface area (Å²) in [6.45, 7) is 2.62. The summed E-state index contributed by atoms with van der Waals surface area (Å²) >= 11 is 0. The van der Waals surface area contributed by atoms with E-state index in [4.69, 9.17) is 4.74 Å². The van der Waals surface area contributed by atoms with E-state index in [1.807, 2.05) is 6.92 Å². The van der Waals surface area contributed by atoms with Gasteiger partial charge in [0.05, 0.1) is 11.6 Å². The fourth-order valence-electron chi connectivity index (χ4n) is 3.09. The highest BCUT2D eigenvalue weighted by molar-refractivity contribution is 5.99. The number of carbonyl (C=O) groups excluding carboxylic acids is 2. The van der Waals surface area contributed by atoms with E-state index in [-0.39, 0.29) is 30.9 Å². The number of carbonyl (C=O) groups is 3. The number of fused-ring (bicyclic) bond motifs is 1. The van der Waals surface area contributed by atoms with Crippen LogP contribution < -0.4 is 10.1 Å². The van der Waals surface area contributed by atoms with Crippen LogP contribution in [0.4, 0.5) is 5.69 Å². The molecule has 7 nitrogen and oxygen atoms in total. The van der Waals surface area contributed by atoms with Crippen LogP contribution in [0.5, 0.6) is 5.75 Å². The number of nitrogens with one attached hydrogen (secondary N) is 1. The third-order valence-corrected chi connectivity index (χ3v) is 4.16. The summed E-state index contributed by atoms with van der Waals surface area (Å²) in [6, 6.07) is 4.83. The molecule has 2 N–H and O–H groups in total. The van der Waals surface area contributed by atoms with Crippen LogP contribution in [0.15, 0.2) is 18.2 Å². The number of piperidine rings is 1. The Morgan fingerprint density at radius 1 is 1.35 bits per heavy atom. The summed E-state index contributed by atoms with van der Waals surface area (Å²) in [5.74, 6) is -1.25. The number of hydrogen-bond donors (Lipinski definition) is 2. The molecule has 1 aromatic rings. The highest BCUT2D eigenvalue weighted by Crippen LogP contribution is 2.30. The quantitative estimate of drug-likeness (QED) is 0.854. The van der Waals surface area contributed by atoms with Crippen LogP contribution in [0.25, 0.3) is 0 Å². The smallest absolute Gasteiger partial charge is 0.308 e. The second kappa shape index (κ2) is 5.91. The summed E-state index contributed by atoms with van der Waals surface area (Å²) in [5.41, 5.74) is 0.964. The van der Waals surface area contributed by atoms with E-state index in [2.05, 4.69) is 5.32 Å². The van der Waals surface area contributed by atoms with Crippen LogP contribution in [0.2, 0.25) is 0 Å².